The van der Waals surface area contributed by atoms with Crippen LogP contribution in [0.1, 0.15) is 27.0 Å². The van der Waals surface area contributed by atoms with Crippen LogP contribution >= 0.6 is 11.6 Å². The third kappa shape index (κ3) is 3.73. The van der Waals surface area contributed by atoms with Gasteiger partial charge in [-0.1, -0.05) is 54.1 Å². The number of ether oxygens (including phenoxy) is 1. The summed E-state index contributed by atoms with van der Waals surface area (Å²) in [5.74, 6) is 0.293. The Morgan fingerprint density at radius 3 is 2.50 bits per heavy atom. The van der Waals surface area contributed by atoms with Crippen LogP contribution in [-0.4, -0.2) is 17.4 Å². The van der Waals surface area contributed by atoms with Crippen LogP contribution in [0.5, 0.6) is 5.75 Å². The number of rotatable bonds is 5. The van der Waals surface area contributed by atoms with Crippen molar-refractivity contribution in [2.45, 2.75) is 19.6 Å². The predicted molar refractivity (Wildman–Crippen MR) is 107 cm³/mol. The summed E-state index contributed by atoms with van der Waals surface area (Å²) in [5.41, 5.74) is 2.92. The largest absolute Gasteiger partial charge is 0.489 e. The third-order valence-corrected chi connectivity index (χ3v) is 5.31. The molecule has 4 rings (SSSR count). The highest BCUT2D eigenvalue weighted by Gasteiger charge is 2.27. The molecule has 28 heavy (non-hydrogen) atoms. The third-order valence-electron chi connectivity index (χ3n) is 4.94. The van der Waals surface area contributed by atoms with Gasteiger partial charge in [0.15, 0.2) is 0 Å². The van der Waals surface area contributed by atoms with E-state index in [-0.39, 0.29) is 18.3 Å². The highest BCUT2D eigenvalue weighted by molar-refractivity contribution is 6.31. The number of hydrogen-bond acceptors (Lipinski definition) is 2. The molecule has 0 aromatic heterocycles. The van der Waals surface area contributed by atoms with E-state index in [0.29, 0.717) is 41.5 Å². The molecule has 0 spiro atoms. The molecular weight excluding hydrogens is 377 g/mol. The van der Waals surface area contributed by atoms with Crippen molar-refractivity contribution in [1.82, 2.24) is 4.90 Å². The minimum absolute atomic E-state index is 0.104. The number of benzene rings is 3. The summed E-state index contributed by atoms with van der Waals surface area (Å²) in [6.07, 6.45) is 0.661. The summed E-state index contributed by atoms with van der Waals surface area (Å²) in [4.78, 5) is 14.6. The normalized spacial score (nSPS) is 13.4. The van der Waals surface area contributed by atoms with Crippen LogP contribution in [0.3, 0.4) is 0 Å². The monoisotopic (exact) mass is 395 g/mol. The van der Waals surface area contributed by atoms with Gasteiger partial charge in [-0.05, 0) is 30.7 Å². The maximum atomic E-state index is 14.0. The molecule has 1 aliphatic heterocycles. The van der Waals surface area contributed by atoms with E-state index in [9.17, 15) is 9.18 Å². The summed E-state index contributed by atoms with van der Waals surface area (Å²) in [6, 6.07) is 19.6. The highest BCUT2D eigenvalue weighted by Crippen LogP contribution is 2.30. The van der Waals surface area contributed by atoms with E-state index >= 15 is 0 Å². The Balaban J connectivity index is 1.53. The zero-order valence-corrected chi connectivity index (χ0v) is 16.0. The van der Waals surface area contributed by atoms with Crippen molar-refractivity contribution in [3.63, 3.8) is 0 Å². The zero-order chi connectivity index (χ0) is 19.5. The fourth-order valence-electron chi connectivity index (χ4n) is 3.43. The summed E-state index contributed by atoms with van der Waals surface area (Å²) in [7, 11) is 0. The smallest absolute Gasteiger partial charge is 0.254 e. The van der Waals surface area contributed by atoms with Crippen molar-refractivity contribution in [3.8, 4) is 5.75 Å². The average molecular weight is 396 g/mol. The Kier molecular flexibility index (Phi) is 5.31. The van der Waals surface area contributed by atoms with Crippen molar-refractivity contribution >= 4 is 17.5 Å². The van der Waals surface area contributed by atoms with Crippen LogP contribution in [0.2, 0.25) is 5.02 Å². The number of carbonyl (C=O) groups excluding carboxylic acids is 1. The molecule has 0 radical (unpaired) electrons. The zero-order valence-electron chi connectivity index (χ0n) is 15.2. The van der Waals surface area contributed by atoms with Crippen molar-refractivity contribution in [1.29, 1.82) is 0 Å². The molecule has 0 N–H and O–H groups in total. The van der Waals surface area contributed by atoms with Crippen molar-refractivity contribution < 1.29 is 13.9 Å². The Labute approximate surface area is 168 Å². The maximum absolute atomic E-state index is 14.0. The number of nitrogens with zero attached hydrogens (tertiary/aromatic N) is 1. The van der Waals surface area contributed by atoms with Crippen molar-refractivity contribution in [3.05, 3.63) is 99.8 Å². The number of fused-ring (bicyclic) bond motifs is 1. The molecular formula is C23H19ClFNO2. The fourth-order valence-corrected chi connectivity index (χ4v) is 3.62. The molecule has 0 bridgehead atoms. The highest BCUT2D eigenvalue weighted by atomic mass is 35.5. The molecule has 142 valence electrons. The van der Waals surface area contributed by atoms with E-state index in [1.54, 1.807) is 29.2 Å². The lowest BCUT2D eigenvalue weighted by molar-refractivity contribution is 0.0723. The van der Waals surface area contributed by atoms with E-state index in [2.05, 4.69) is 0 Å². The Morgan fingerprint density at radius 1 is 0.964 bits per heavy atom. The van der Waals surface area contributed by atoms with Crippen LogP contribution in [0, 0.1) is 5.82 Å². The van der Waals surface area contributed by atoms with Crippen LogP contribution in [0.4, 0.5) is 4.39 Å². The van der Waals surface area contributed by atoms with Crippen molar-refractivity contribution in [2.24, 2.45) is 0 Å². The molecule has 1 aliphatic rings. The summed E-state index contributed by atoms with van der Waals surface area (Å²) in [5, 5.41) is 0.652. The number of hydrogen-bond donors (Lipinski definition) is 0. The van der Waals surface area contributed by atoms with E-state index in [0.717, 1.165) is 11.1 Å². The van der Waals surface area contributed by atoms with Gasteiger partial charge in [0, 0.05) is 40.4 Å². The van der Waals surface area contributed by atoms with E-state index in [1.807, 2.05) is 36.4 Å². The standard InChI is InChI=1S/C23H19ClFNO2/c24-20-9-3-1-7-17(20)15-28-22-11-5-8-19-18(22)12-13-26(23(19)27)14-16-6-2-4-10-21(16)25/h1-11H,12-15H2. The lowest BCUT2D eigenvalue weighted by Gasteiger charge is -2.30. The molecule has 0 saturated carbocycles. The number of halogens is 2. The number of amides is 1. The molecule has 1 heterocycles. The molecule has 5 heteroatoms. The van der Waals surface area contributed by atoms with Gasteiger partial charge in [-0.15, -0.1) is 0 Å². The fraction of sp³-hybridized carbons (Fsp3) is 0.174. The Bertz CT molecular complexity index is 1020. The second-order valence-corrected chi connectivity index (χ2v) is 7.14. The molecule has 0 fully saturated rings. The minimum atomic E-state index is -0.294. The summed E-state index contributed by atoms with van der Waals surface area (Å²) in [6.45, 7) is 1.12. The average Bonchev–Trinajstić information content (AvgIpc) is 2.71. The Hall–Kier alpha value is -2.85. The molecule has 0 aliphatic carbocycles. The predicted octanol–water partition coefficient (Wildman–Crippen LogP) is 5.26. The second-order valence-electron chi connectivity index (χ2n) is 6.73. The first-order valence-electron chi connectivity index (χ1n) is 9.14. The molecule has 3 aromatic rings. The van der Waals surface area contributed by atoms with Gasteiger partial charge < -0.3 is 9.64 Å². The first-order chi connectivity index (χ1) is 13.6. The van der Waals surface area contributed by atoms with Crippen molar-refractivity contribution in [2.75, 3.05) is 6.54 Å². The topological polar surface area (TPSA) is 29.5 Å². The van der Waals surface area contributed by atoms with Gasteiger partial charge in [0.05, 0.1) is 0 Å². The minimum Gasteiger partial charge on any atom is -0.489 e. The van der Waals surface area contributed by atoms with E-state index in [1.165, 1.54) is 6.07 Å². The number of carbonyl (C=O) groups is 1. The first kappa shape index (κ1) is 18.5. The quantitative estimate of drug-likeness (QED) is 0.590. The Morgan fingerprint density at radius 2 is 1.71 bits per heavy atom. The molecule has 1 amide bonds. The molecule has 0 saturated heterocycles. The van der Waals surface area contributed by atoms with Gasteiger partial charge >= 0.3 is 0 Å². The molecule has 3 nitrogen and oxygen atoms in total. The van der Waals surface area contributed by atoms with Gasteiger partial charge in [0.2, 0.25) is 0 Å². The van der Waals surface area contributed by atoms with Gasteiger partial charge in [0.1, 0.15) is 18.2 Å². The second kappa shape index (κ2) is 8.03. The van der Waals surface area contributed by atoms with Gasteiger partial charge in [0.25, 0.3) is 5.91 Å². The van der Waals surface area contributed by atoms with Gasteiger partial charge in [-0.2, -0.15) is 0 Å². The van der Waals surface area contributed by atoms with Crippen LogP contribution < -0.4 is 4.74 Å². The van der Waals surface area contributed by atoms with Gasteiger partial charge in [-0.25, -0.2) is 4.39 Å². The molecule has 0 unspecified atom stereocenters. The van der Waals surface area contributed by atoms with Crippen LogP contribution in [0.15, 0.2) is 66.7 Å². The van der Waals surface area contributed by atoms with E-state index < -0.39 is 0 Å². The first-order valence-corrected chi connectivity index (χ1v) is 9.52. The lowest BCUT2D eigenvalue weighted by Crippen LogP contribution is -2.37. The maximum Gasteiger partial charge on any atom is 0.254 e. The SMILES string of the molecule is O=C1c2cccc(OCc3ccccc3Cl)c2CCN1Cc1ccccc1F. The molecule has 3 aromatic carbocycles. The van der Waals surface area contributed by atoms with Crippen LogP contribution in [-0.2, 0) is 19.6 Å². The van der Waals surface area contributed by atoms with Crippen LogP contribution in [0.25, 0.3) is 0 Å². The molecule has 0 atom stereocenters. The lowest BCUT2D eigenvalue weighted by atomic mass is 9.97. The van der Waals surface area contributed by atoms with E-state index in [4.69, 9.17) is 16.3 Å². The summed E-state index contributed by atoms with van der Waals surface area (Å²) >= 11 is 6.19. The summed E-state index contributed by atoms with van der Waals surface area (Å²) < 4.78 is 19.9. The van der Waals surface area contributed by atoms with Gasteiger partial charge in [-0.3, -0.25) is 4.79 Å².